The van der Waals surface area contributed by atoms with E-state index in [4.69, 9.17) is 4.74 Å². The van der Waals surface area contributed by atoms with Gasteiger partial charge in [-0.05, 0) is 35.9 Å². The normalized spacial score (nSPS) is 15.2. The van der Waals surface area contributed by atoms with E-state index in [1.54, 1.807) is 7.11 Å². The van der Waals surface area contributed by atoms with Crippen LogP contribution < -0.4 is 4.74 Å². The summed E-state index contributed by atoms with van der Waals surface area (Å²) in [4.78, 5) is 27.2. The summed E-state index contributed by atoms with van der Waals surface area (Å²) >= 11 is 0. The van der Waals surface area contributed by atoms with Crippen LogP contribution in [0.3, 0.4) is 0 Å². The maximum atomic E-state index is 13.5. The second-order valence-electron chi connectivity index (χ2n) is 7.82. The molecule has 0 bridgehead atoms. The number of carbonyl (C=O) groups excluding carboxylic acids is 2. The fraction of sp³-hybridized carbons (Fsp3) is 0.192. The Morgan fingerprint density at radius 3 is 2.55 bits per heavy atom. The average Bonchev–Trinajstić information content (AvgIpc) is 3.30. The molecule has 1 aliphatic rings. The zero-order valence-electron chi connectivity index (χ0n) is 18.4. The van der Waals surface area contributed by atoms with Gasteiger partial charge < -0.3 is 9.64 Å². The number of hydrogen-bond acceptors (Lipinski definition) is 4. The molecule has 0 aromatic heterocycles. The number of hydrogen-bond donors (Lipinski definition) is 0. The molecular formula is C26H24FN3O3. The van der Waals surface area contributed by atoms with Gasteiger partial charge in [0.25, 0.3) is 11.8 Å². The van der Waals surface area contributed by atoms with E-state index in [0.29, 0.717) is 12.2 Å². The summed E-state index contributed by atoms with van der Waals surface area (Å²) in [6, 6.07) is 22.3. The van der Waals surface area contributed by atoms with Gasteiger partial charge in [0.05, 0.1) is 18.9 Å². The lowest BCUT2D eigenvalue weighted by Crippen LogP contribution is -2.39. The summed E-state index contributed by atoms with van der Waals surface area (Å²) in [5, 5.41) is 6.08. The van der Waals surface area contributed by atoms with Crippen molar-refractivity contribution in [3.8, 4) is 5.75 Å². The highest BCUT2D eigenvalue weighted by atomic mass is 19.1. The van der Waals surface area contributed by atoms with Crippen LogP contribution in [0.1, 0.15) is 33.9 Å². The van der Waals surface area contributed by atoms with Crippen LogP contribution in [0.15, 0.2) is 84.0 Å². The minimum absolute atomic E-state index is 0.187. The van der Waals surface area contributed by atoms with Crippen molar-refractivity contribution in [2.45, 2.75) is 12.5 Å². The van der Waals surface area contributed by atoms with Crippen LogP contribution in [0, 0.1) is 5.82 Å². The first kappa shape index (κ1) is 22.2. The third-order valence-electron chi connectivity index (χ3n) is 5.54. The SMILES string of the molecule is COc1cccc(C2=NN(C(=O)CN(C)C(=O)c3cccc(F)c3)C(c3ccccc3)C2)c1. The molecule has 1 atom stereocenters. The van der Waals surface area contributed by atoms with Gasteiger partial charge in [0, 0.05) is 24.6 Å². The second kappa shape index (κ2) is 9.65. The third kappa shape index (κ3) is 4.92. The van der Waals surface area contributed by atoms with Crippen LogP contribution in [-0.2, 0) is 4.79 Å². The maximum absolute atomic E-state index is 13.5. The van der Waals surface area contributed by atoms with Crippen molar-refractivity contribution in [1.82, 2.24) is 9.91 Å². The molecule has 1 aliphatic heterocycles. The van der Waals surface area contributed by atoms with E-state index < -0.39 is 11.7 Å². The summed E-state index contributed by atoms with van der Waals surface area (Å²) < 4.78 is 18.8. The number of benzene rings is 3. The number of likely N-dealkylation sites (N-methyl/N-ethyl adjacent to an activating group) is 1. The number of nitrogens with zero attached hydrogens (tertiary/aromatic N) is 3. The van der Waals surface area contributed by atoms with Gasteiger partial charge in [0.2, 0.25) is 0 Å². The molecule has 6 nitrogen and oxygen atoms in total. The summed E-state index contributed by atoms with van der Waals surface area (Å²) in [5.41, 5.74) is 2.77. The lowest BCUT2D eigenvalue weighted by molar-refractivity contribution is -0.133. The number of halogens is 1. The third-order valence-corrected chi connectivity index (χ3v) is 5.54. The van der Waals surface area contributed by atoms with E-state index in [1.807, 2.05) is 54.6 Å². The van der Waals surface area contributed by atoms with E-state index in [0.717, 1.165) is 22.9 Å². The van der Waals surface area contributed by atoms with E-state index in [2.05, 4.69) is 5.10 Å². The molecule has 33 heavy (non-hydrogen) atoms. The zero-order valence-corrected chi connectivity index (χ0v) is 18.4. The molecule has 0 saturated heterocycles. The fourth-order valence-electron chi connectivity index (χ4n) is 3.84. The van der Waals surface area contributed by atoms with E-state index in [-0.39, 0.29) is 24.1 Å². The molecular weight excluding hydrogens is 421 g/mol. The Hall–Kier alpha value is -4.00. The Labute approximate surface area is 191 Å². The van der Waals surface area contributed by atoms with Crippen LogP contribution >= 0.6 is 0 Å². The van der Waals surface area contributed by atoms with Gasteiger partial charge >= 0.3 is 0 Å². The number of amides is 2. The van der Waals surface area contributed by atoms with Crippen molar-refractivity contribution < 1.29 is 18.7 Å². The largest absolute Gasteiger partial charge is 0.497 e. The Morgan fingerprint density at radius 1 is 1.06 bits per heavy atom. The summed E-state index contributed by atoms with van der Waals surface area (Å²) in [5.74, 6) is -0.558. The highest BCUT2D eigenvalue weighted by molar-refractivity contribution is 6.04. The first-order valence-corrected chi connectivity index (χ1v) is 10.6. The molecule has 0 fully saturated rings. The minimum atomic E-state index is -0.503. The molecule has 7 heteroatoms. The molecule has 0 saturated carbocycles. The molecule has 1 unspecified atom stereocenters. The van der Waals surface area contributed by atoms with Gasteiger partial charge in [-0.2, -0.15) is 5.10 Å². The van der Waals surface area contributed by atoms with Crippen molar-refractivity contribution in [3.63, 3.8) is 0 Å². The summed E-state index contributed by atoms with van der Waals surface area (Å²) in [6.07, 6.45) is 0.532. The van der Waals surface area contributed by atoms with Crippen molar-refractivity contribution in [2.24, 2.45) is 5.10 Å². The maximum Gasteiger partial charge on any atom is 0.262 e. The molecule has 4 rings (SSSR count). The van der Waals surface area contributed by atoms with Gasteiger partial charge in [-0.3, -0.25) is 9.59 Å². The Kier molecular flexibility index (Phi) is 6.49. The smallest absolute Gasteiger partial charge is 0.262 e. The van der Waals surface area contributed by atoms with Crippen LogP contribution in [0.2, 0.25) is 0 Å². The van der Waals surface area contributed by atoms with Crippen molar-refractivity contribution >= 4 is 17.5 Å². The molecule has 0 spiro atoms. The van der Waals surface area contributed by atoms with Crippen LogP contribution in [0.5, 0.6) is 5.75 Å². The number of ether oxygens (including phenoxy) is 1. The molecule has 2 amide bonds. The average molecular weight is 445 g/mol. The Bertz CT molecular complexity index is 1200. The fourth-order valence-corrected chi connectivity index (χ4v) is 3.84. The Morgan fingerprint density at radius 2 is 1.82 bits per heavy atom. The number of carbonyl (C=O) groups is 2. The molecule has 1 heterocycles. The van der Waals surface area contributed by atoms with E-state index >= 15 is 0 Å². The zero-order chi connectivity index (χ0) is 23.4. The monoisotopic (exact) mass is 445 g/mol. The quantitative estimate of drug-likeness (QED) is 0.569. The van der Waals surface area contributed by atoms with Crippen LogP contribution in [0.25, 0.3) is 0 Å². The molecule has 3 aromatic carbocycles. The molecule has 3 aromatic rings. The van der Waals surface area contributed by atoms with Gasteiger partial charge in [-0.25, -0.2) is 9.40 Å². The predicted octanol–water partition coefficient (Wildman–Crippen LogP) is 4.28. The first-order chi connectivity index (χ1) is 16.0. The van der Waals surface area contributed by atoms with Gasteiger partial charge in [0.15, 0.2) is 0 Å². The van der Waals surface area contributed by atoms with E-state index in [9.17, 15) is 14.0 Å². The van der Waals surface area contributed by atoms with Crippen molar-refractivity contribution in [2.75, 3.05) is 20.7 Å². The van der Waals surface area contributed by atoms with Crippen LogP contribution in [-0.4, -0.2) is 48.1 Å². The standard InChI is InChI=1S/C26H24FN3O3/c1-29(26(32)20-11-6-12-21(27)14-20)17-25(31)30-24(18-8-4-3-5-9-18)16-23(28-30)19-10-7-13-22(15-19)33-2/h3-15,24H,16-17H2,1-2H3. The van der Waals surface area contributed by atoms with Gasteiger partial charge in [-0.1, -0.05) is 48.5 Å². The summed E-state index contributed by atoms with van der Waals surface area (Å²) in [6.45, 7) is -0.187. The van der Waals surface area contributed by atoms with Crippen molar-refractivity contribution in [1.29, 1.82) is 0 Å². The van der Waals surface area contributed by atoms with E-state index in [1.165, 1.54) is 35.2 Å². The van der Waals surface area contributed by atoms with Crippen molar-refractivity contribution in [3.05, 3.63) is 101 Å². The number of methoxy groups -OCH3 is 1. The minimum Gasteiger partial charge on any atom is -0.497 e. The number of rotatable bonds is 6. The lowest BCUT2D eigenvalue weighted by Gasteiger charge is -2.25. The highest BCUT2D eigenvalue weighted by Gasteiger charge is 2.34. The molecule has 168 valence electrons. The second-order valence-corrected chi connectivity index (χ2v) is 7.82. The first-order valence-electron chi connectivity index (χ1n) is 10.6. The molecule has 0 radical (unpaired) electrons. The molecule has 0 aliphatic carbocycles. The topological polar surface area (TPSA) is 62.2 Å². The predicted molar refractivity (Wildman–Crippen MR) is 124 cm³/mol. The van der Waals surface area contributed by atoms with Gasteiger partial charge in [0.1, 0.15) is 18.1 Å². The van der Waals surface area contributed by atoms with Gasteiger partial charge in [-0.15, -0.1) is 0 Å². The molecule has 0 N–H and O–H groups in total. The highest BCUT2D eigenvalue weighted by Crippen LogP contribution is 2.33. The number of hydrazone groups is 1. The van der Waals surface area contributed by atoms with Crippen LogP contribution in [0.4, 0.5) is 4.39 Å². The lowest BCUT2D eigenvalue weighted by atomic mass is 9.98. The Balaban J connectivity index is 1.59. The summed E-state index contributed by atoms with van der Waals surface area (Å²) in [7, 11) is 3.12.